The number of carbonyl (C=O) groups is 1. The summed E-state index contributed by atoms with van der Waals surface area (Å²) in [4.78, 5) is 12.2. The van der Waals surface area contributed by atoms with Crippen molar-refractivity contribution in [2.24, 2.45) is 23.7 Å². The molecule has 100 valence electrons. The molecule has 1 saturated heterocycles. The van der Waals surface area contributed by atoms with Crippen LogP contribution in [0.5, 0.6) is 0 Å². The van der Waals surface area contributed by atoms with Gasteiger partial charge in [0.25, 0.3) is 0 Å². The van der Waals surface area contributed by atoms with Gasteiger partial charge in [0.1, 0.15) is 0 Å². The Hall–Kier alpha value is -0.570. The molecular formula is C15H24N2O. The maximum atomic E-state index is 12.2. The summed E-state index contributed by atoms with van der Waals surface area (Å²) < 4.78 is 0. The number of hydrogen-bond acceptors (Lipinski definition) is 2. The van der Waals surface area contributed by atoms with Crippen molar-refractivity contribution in [1.82, 2.24) is 10.6 Å². The molecular weight excluding hydrogens is 224 g/mol. The average molecular weight is 248 g/mol. The fourth-order valence-corrected chi connectivity index (χ4v) is 5.43. The highest BCUT2D eigenvalue weighted by molar-refractivity contribution is 5.82. The second-order valence-electron chi connectivity index (χ2n) is 6.92. The molecule has 2 N–H and O–H groups in total. The Balaban J connectivity index is 1.40. The van der Waals surface area contributed by atoms with Gasteiger partial charge in [-0.05, 0) is 68.7 Å². The Bertz CT molecular complexity index is 350. The lowest BCUT2D eigenvalue weighted by Crippen LogP contribution is -2.48. The molecule has 1 amide bonds. The molecule has 0 radical (unpaired) electrons. The zero-order valence-electron chi connectivity index (χ0n) is 11.0. The maximum Gasteiger partial charge on any atom is 0.237 e. The van der Waals surface area contributed by atoms with E-state index < -0.39 is 0 Å². The molecule has 0 aromatic carbocycles. The molecule has 0 spiro atoms. The van der Waals surface area contributed by atoms with Crippen LogP contribution in [0.25, 0.3) is 0 Å². The van der Waals surface area contributed by atoms with Crippen LogP contribution in [-0.4, -0.2) is 24.5 Å². The number of rotatable bonds is 2. The van der Waals surface area contributed by atoms with Gasteiger partial charge < -0.3 is 10.6 Å². The lowest BCUT2D eigenvalue weighted by molar-refractivity contribution is -0.124. The van der Waals surface area contributed by atoms with Crippen molar-refractivity contribution in [1.29, 1.82) is 0 Å². The molecule has 18 heavy (non-hydrogen) atoms. The van der Waals surface area contributed by atoms with E-state index in [4.69, 9.17) is 0 Å². The van der Waals surface area contributed by atoms with Gasteiger partial charge >= 0.3 is 0 Å². The Morgan fingerprint density at radius 1 is 1.00 bits per heavy atom. The third-order valence-electron chi connectivity index (χ3n) is 6.13. The van der Waals surface area contributed by atoms with E-state index in [9.17, 15) is 4.79 Å². The summed E-state index contributed by atoms with van der Waals surface area (Å²) in [6, 6.07) is 0.604. The van der Waals surface area contributed by atoms with Crippen molar-refractivity contribution < 1.29 is 4.79 Å². The number of fused-ring (bicyclic) bond motifs is 5. The van der Waals surface area contributed by atoms with E-state index in [0.29, 0.717) is 6.04 Å². The summed E-state index contributed by atoms with van der Waals surface area (Å²) in [6.45, 7) is 1.01. The zero-order valence-corrected chi connectivity index (χ0v) is 11.0. The van der Waals surface area contributed by atoms with E-state index >= 15 is 0 Å². The first-order chi connectivity index (χ1) is 8.83. The highest BCUT2D eigenvalue weighted by Crippen LogP contribution is 2.58. The summed E-state index contributed by atoms with van der Waals surface area (Å²) >= 11 is 0. The highest BCUT2D eigenvalue weighted by Gasteiger charge is 2.54. The first-order valence-corrected chi connectivity index (χ1v) is 7.86. The Kier molecular flexibility index (Phi) is 2.65. The summed E-state index contributed by atoms with van der Waals surface area (Å²) in [5, 5.41) is 6.67. The van der Waals surface area contributed by atoms with Crippen molar-refractivity contribution in [3.05, 3.63) is 0 Å². The second-order valence-corrected chi connectivity index (χ2v) is 6.92. The van der Waals surface area contributed by atoms with Crippen LogP contribution in [0.2, 0.25) is 0 Å². The normalized spacial score (nSPS) is 49.6. The van der Waals surface area contributed by atoms with Gasteiger partial charge in [-0.25, -0.2) is 0 Å². The van der Waals surface area contributed by atoms with Gasteiger partial charge in [-0.3, -0.25) is 4.79 Å². The van der Waals surface area contributed by atoms with Crippen LogP contribution in [0.1, 0.15) is 44.9 Å². The molecule has 3 nitrogen and oxygen atoms in total. The van der Waals surface area contributed by atoms with Gasteiger partial charge in [-0.1, -0.05) is 6.42 Å². The smallest absolute Gasteiger partial charge is 0.237 e. The third kappa shape index (κ3) is 1.63. The molecule has 3 aliphatic carbocycles. The van der Waals surface area contributed by atoms with Crippen molar-refractivity contribution in [3.63, 3.8) is 0 Å². The Morgan fingerprint density at radius 3 is 2.72 bits per heavy atom. The second kappa shape index (κ2) is 4.22. The van der Waals surface area contributed by atoms with Gasteiger partial charge in [0.05, 0.1) is 6.04 Å². The molecule has 4 rings (SSSR count). The Morgan fingerprint density at radius 2 is 1.89 bits per heavy atom. The molecule has 5 unspecified atom stereocenters. The SMILES string of the molecule is O=C(NC1CC2CC1C1CCCC21)[C@@H]1CCCN1. The van der Waals surface area contributed by atoms with Gasteiger partial charge in [0.15, 0.2) is 0 Å². The fourth-order valence-electron chi connectivity index (χ4n) is 5.43. The minimum atomic E-state index is 0.100. The van der Waals surface area contributed by atoms with E-state index in [0.717, 1.165) is 43.1 Å². The lowest BCUT2D eigenvalue weighted by Gasteiger charge is -2.32. The van der Waals surface area contributed by atoms with Crippen LogP contribution in [-0.2, 0) is 4.79 Å². The number of amides is 1. The molecule has 4 fully saturated rings. The van der Waals surface area contributed by atoms with Gasteiger partial charge in [-0.15, -0.1) is 0 Å². The molecule has 2 bridgehead atoms. The molecule has 3 heteroatoms. The molecule has 0 aromatic heterocycles. The molecule has 3 saturated carbocycles. The van der Waals surface area contributed by atoms with E-state index in [1.165, 1.54) is 32.1 Å². The minimum Gasteiger partial charge on any atom is -0.352 e. The maximum absolute atomic E-state index is 12.2. The zero-order chi connectivity index (χ0) is 12.1. The number of carbonyl (C=O) groups excluding carboxylic acids is 1. The molecule has 6 atom stereocenters. The summed E-state index contributed by atoms with van der Waals surface area (Å²) in [5.74, 6) is 4.00. The van der Waals surface area contributed by atoms with Crippen LogP contribution in [0.3, 0.4) is 0 Å². The molecule has 4 aliphatic rings. The number of nitrogens with one attached hydrogen (secondary N) is 2. The fraction of sp³-hybridized carbons (Fsp3) is 0.933. The van der Waals surface area contributed by atoms with Crippen molar-refractivity contribution in [3.8, 4) is 0 Å². The first kappa shape index (κ1) is 11.3. The van der Waals surface area contributed by atoms with E-state index in [2.05, 4.69) is 10.6 Å². The highest BCUT2D eigenvalue weighted by atomic mass is 16.2. The minimum absolute atomic E-state index is 0.100. The van der Waals surface area contributed by atoms with Gasteiger partial charge in [0.2, 0.25) is 5.91 Å². The predicted octanol–water partition coefficient (Wildman–Crippen LogP) is 1.68. The van der Waals surface area contributed by atoms with E-state index in [1.807, 2.05) is 0 Å². The molecule has 0 aromatic rings. The Labute approximate surface area is 109 Å². The topological polar surface area (TPSA) is 41.1 Å². The first-order valence-electron chi connectivity index (χ1n) is 7.86. The average Bonchev–Trinajstić information content (AvgIpc) is 3.11. The monoisotopic (exact) mass is 248 g/mol. The van der Waals surface area contributed by atoms with Crippen LogP contribution in [0.4, 0.5) is 0 Å². The predicted molar refractivity (Wildman–Crippen MR) is 70.0 cm³/mol. The summed E-state index contributed by atoms with van der Waals surface area (Å²) in [5.41, 5.74) is 0. The van der Waals surface area contributed by atoms with E-state index in [1.54, 1.807) is 0 Å². The summed E-state index contributed by atoms with van der Waals surface area (Å²) in [7, 11) is 0. The van der Waals surface area contributed by atoms with Crippen molar-refractivity contribution in [2.45, 2.75) is 57.0 Å². The van der Waals surface area contributed by atoms with Crippen LogP contribution >= 0.6 is 0 Å². The van der Waals surface area contributed by atoms with Crippen LogP contribution in [0, 0.1) is 23.7 Å². The van der Waals surface area contributed by atoms with Crippen LogP contribution in [0.15, 0.2) is 0 Å². The molecule has 1 aliphatic heterocycles. The van der Waals surface area contributed by atoms with Gasteiger partial charge in [0, 0.05) is 6.04 Å². The van der Waals surface area contributed by atoms with Gasteiger partial charge in [-0.2, -0.15) is 0 Å². The van der Waals surface area contributed by atoms with Crippen LogP contribution < -0.4 is 10.6 Å². The number of hydrogen-bond donors (Lipinski definition) is 2. The lowest BCUT2D eigenvalue weighted by atomic mass is 9.79. The molecule has 1 heterocycles. The quantitative estimate of drug-likeness (QED) is 0.780. The summed E-state index contributed by atoms with van der Waals surface area (Å²) in [6.07, 6.45) is 9.19. The third-order valence-corrected chi connectivity index (χ3v) is 6.13. The van der Waals surface area contributed by atoms with E-state index in [-0.39, 0.29) is 11.9 Å². The standard InChI is InChI=1S/C15H24N2O/c18-15(13-5-2-6-16-13)17-14-8-9-7-12(14)11-4-1-3-10(9)11/h9-14,16H,1-8H2,(H,17,18)/t9?,10?,11?,12?,13-,14?/m0/s1. The van der Waals surface area contributed by atoms with Crippen molar-refractivity contribution in [2.75, 3.05) is 6.54 Å². The van der Waals surface area contributed by atoms with Crippen molar-refractivity contribution >= 4 is 5.91 Å². The largest absolute Gasteiger partial charge is 0.352 e.